The molecule has 0 saturated heterocycles. The number of para-hydroxylation sites is 1. The Morgan fingerprint density at radius 1 is 1.27 bits per heavy atom. The third kappa shape index (κ3) is 2.21. The molecule has 3 rings (SSSR count). The number of carbonyl (C=O) groups is 1. The van der Waals surface area contributed by atoms with Crippen LogP contribution in [0.2, 0.25) is 0 Å². The average molecular weight is 313 g/mol. The van der Waals surface area contributed by atoms with E-state index in [1.54, 1.807) is 25.9 Å². The molecule has 0 spiro atoms. The molecule has 0 saturated carbocycles. The van der Waals surface area contributed by atoms with Crippen LogP contribution in [0.3, 0.4) is 0 Å². The summed E-state index contributed by atoms with van der Waals surface area (Å²) in [6, 6.07) is 9.41. The van der Waals surface area contributed by atoms with Gasteiger partial charge in [-0.2, -0.15) is 0 Å². The van der Waals surface area contributed by atoms with Gasteiger partial charge in [-0.1, -0.05) is 18.2 Å². The molecule has 0 aliphatic rings. The molecule has 2 heterocycles. The van der Waals surface area contributed by atoms with Crippen molar-refractivity contribution < 1.29 is 4.79 Å². The van der Waals surface area contributed by atoms with E-state index in [-0.39, 0.29) is 11.5 Å². The first-order chi connectivity index (χ1) is 10.5. The van der Waals surface area contributed by atoms with Gasteiger partial charge in [-0.05, 0) is 24.6 Å². The number of hydrogen-bond donors (Lipinski definition) is 0. The van der Waals surface area contributed by atoms with Gasteiger partial charge in [0, 0.05) is 19.8 Å². The summed E-state index contributed by atoms with van der Waals surface area (Å²) in [5, 5.41) is 0.528. The molecule has 22 heavy (non-hydrogen) atoms. The molecule has 3 aromatic rings. The van der Waals surface area contributed by atoms with Crippen LogP contribution >= 0.6 is 11.3 Å². The smallest absolute Gasteiger partial charge is 0.268 e. The van der Waals surface area contributed by atoms with Crippen LogP contribution in [0, 0.1) is 6.92 Å². The molecule has 0 aliphatic carbocycles. The van der Waals surface area contributed by atoms with Crippen LogP contribution in [0.5, 0.6) is 0 Å². The average Bonchev–Trinajstić information content (AvgIpc) is 2.88. The minimum absolute atomic E-state index is 0.125. The van der Waals surface area contributed by atoms with E-state index in [4.69, 9.17) is 0 Å². The second-order valence-corrected chi connectivity index (χ2v) is 6.10. The fourth-order valence-corrected chi connectivity index (χ4v) is 3.45. The Morgan fingerprint density at radius 2 is 1.95 bits per heavy atom. The van der Waals surface area contributed by atoms with Crippen molar-refractivity contribution in [3.63, 3.8) is 0 Å². The maximum Gasteiger partial charge on any atom is 0.268 e. The quantitative estimate of drug-likeness (QED) is 0.730. The zero-order valence-electron chi connectivity index (χ0n) is 12.5. The van der Waals surface area contributed by atoms with E-state index in [2.05, 4.69) is 4.98 Å². The predicted octanol–water partition coefficient (Wildman–Crippen LogP) is 2.58. The van der Waals surface area contributed by atoms with Crippen molar-refractivity contribution in [3.8, 4) is 0 Å². The summed E-state index contributed by atoms with van der Waals surface area (Å²) in [6.45, 7) is 1.80. The summed E-state index contributed by atoms with van der Waals surface area (Å²) < 4.78 is 1.43. The third-order valence-corrected chi connectivity index (χ3v) is 4.84. The highest BCUT2D eigenvalue weighted by atomic mass is 32.1. The third-order valence-electron chi connectivity index (χ3n) is 3.65. The van der Waals surface area contributed by atoms with Crippen LogP contribution in [0.4, 0.5) is 5.69 Å². The molecule has 0 aliphatic heterocycles. The molecule has 1 amide bonds. The van der Waals surface area contributed by atoms with E-state index in [9.17, 15) is 9.59 Å². The van der Waals surface area contributed by atoms with E-state index in [1.807, 2.05) is 30.3 Å². The topological polar surface area (TPSA) is 55.2 Å². The first kappa shape index (κ1) is 14.5. The standard InChI is InChI=1S/C16H15N3O2S/c1-10-12-14(17-9-18(2)15(12)20)22-13(10)16(21)19(3)11-7-5-4-6-8-11/h4-9H,1-3H3. The van der Waals surface area contributed by atoms with Crippen molar-refractivity contribution in [2.45, 2.75) is 6.92 Å². The Labute approximate surface area is 131 Å². The maximum atomic E-state index is 12.7. The van der Waals surface area contributed by atoms with Crippen LogP contribution in [-0.4, -0.2) is 22.5 Å². The number of aryl methyl sites for hydroxylation is 2. The lowest BCUT2D eigenvalue weighted by Gasteiger charge is -2.16. The lowest BCUT2D eigenvalue weighted by molar-refractivity contribution is 0.0996. The van der Waals surface area contributed by atoms with Crippen LogP contribution in [0.25, 0.3) is 10.2 Å². The normalized spacial score (nSPS) is 10.9. The number of benzene rings is 1. The lowest BCUT2D eigenvalue weighted by Crippen LogP contribution is -2.26. The van der Waals surface area contributed by atoms with Crippen molar-refractivity contribution in [1.82, 2.24) is 9.55 Å². The molecule has 0 unspecified atom stereocenters. The minimum atomic E-state index is -0.131. The zero-order chi connectivity index (χ0) is 15.9. The van der Waals surface area contributed by atoms with E-state index in [1.165, 1.54) is 22.2 Å². The summed E-state index contributed by atoms with van der Waals surface area (Å²) in [5.74, 6) is -0.131. The van der Waals surface area contributed by atoms with Gasteiger partial charge >= 0.3 is 0 Å². The van der Waals surface area contributed by atoms with Crippen LogP contribution in [-0.2, 0) is 7.05 Å². The molecule has 0 bridgehead atoms. The molecule has 0 radical (unpaired) electrons. The molecule has 0 fully saturated rings. The highest BCUT2D eigenvalue weighted by molar-refractivity contribution is 7.20. The molecule has 2 aromatic heterocycles. The largest absolute Gasteiger partial charge is 0.311 e. The number of hydrogen-bond acceptors (Lipinski definition) is 4. The summed E-state index contributed by atoms with van der Waals surface area (Å²) in [4.78, 5) is 32.0. The van der Waals surface area contributed by atoms with Gasteiger partial charge in [0.1, 0.15) is 4.83 Å². The number of fused-ring (bicyclic) bond motifs is 1. The van der Waals surface area contributed by atoms with E-state index < -0.39 is 0 Å². The van der Waals surface area contributed by atoms with Gasteiger partial charge in [0.2, 0.25) is 0 Å². The van der Waals surface area contributed by atoms with Crippen molar-refractivity contribution in [3.05, 3.63) is 57.5 Å². The van der Waals surface area contributed by atoms with E-state index in [0.717, 1.165) is 5.69 Å². The number of thiophene rings is 1. The minimum Gasteiger partial charge on any atom is -0.311 e. The summed E-state index contributed by atoms with van der Waals surface area (Å²) in [7, 11) is 3.39. The number of aromatic nitrogens is 2. The second-order valence-electron chi connectivity index (χ2n) is 5.10. The molecular formula is C16H15N3O2S. The highest BCUT2D eigenvalue weighted by Crippen LogP contribution is 2.28. The Hall–Kier alpha value is -2.47. The van der Waals surface area contributed by atoms with Gasteiger partial charge in [-0.15, -0.1) is 11.3 Å². The Kier molecular flexibility index (Phi) is 3.54. The molecule has 5 nitrogen and oxygen atoms in total. The number of nitrogens with zero attached hydrogens (tertiary/aromatic N) is 3. The summed E-state index contributed by atoms with van der Waals surface area (Å²) >= 11 is 1.26. The van der Waals surface area contributed by atoms with Crippen LogP contribution < -0.4 is 10.5 Å². The molecule has 0 N–H and O–H groups in total. The molecule has 0 atom stereocenters. The van der Waals surface area contributed by atoms with E-state index in [0.29, 0.717) is 20.7 Å². The molecule has 6 heteroatoms. The fourth-order valence-electron chi connectivity index (χ4n) is 2.33. The van der Waals surface area contributed by atoms with Gasteiger partial charge in [0.15, 0.2) is 0 Å². The number of amides is 1. The first-order valence-electron chi connectivity index (χ1n) is 6.78. The van der Waals surface area contributed by atoms with Crippen LogP contribution in [0.1, 0.15) is 15.2 Å². The predicted molar refractivity (Wildman–Crippen MR) is 88.8 cm³/mol. The zero-order valence-corrected chi connectivity index (χ0v) is 13.3. The summed E-state index contributed by atoms with van der Waals surface area (Å²) in [6.07, 6.45) is 1.48. The maximum absolute atomic E-state index is 12.7. The Morgan fingerprint density at radius 3 is 2.64 bits per heavy atom. The number of rotatable bonds is 2. The first-order valence-corrected chi connectivity index (χ1v) is 7.60. The Bertz CT molecular complexity index is 912. The molecule has 112 valence electrons. The highest BCUT2D eigenvalue weighted by Gasteiger charge is 2.22. The van der Waals surface area contributed by atoms with Crippen LogP contribution in [0.15, 0.2) is 41.5 Å². The van der Waals surface area contributed by atoms with Gasteiger partial charge in [-0.25, -0.2) is 4.98 Å². The number of anilines is 1. The number of carbonyl (C=O) groups excluding carboxylic acids is 1. The van der Waals surface area contributed by atoms with E-state index >= 15 is 0 Å². The van der Waals surface area contributed by atoms with Crippen molar-refractivity contribution in [2.75, 3.05) is 11.9 Å². The fraction of sp³-hybridized carbons (Fsp3) is 0.188. The molecular weight excluding hydrogens is 298 g/mol. The van der Waals surface area contributed by atoms with Gasteiger partial charge in [0.05, 0.1) is 16.6 Å². The lowest BCUT2D eigenvalue weighted by atomic mass is 10.2. The monoisotopic (exact) mass is 313 g/mol. The SMILES string of the molecule is Cc1c(C(=O)N(C)c2ccccc2)sc2ncn(C)c(=O)c12. The van der Waals surface area contributed by atoms with Crippen molar-refractivity contribution >= 4 is 33.1 Å². The van der Waals surface area contributed by atoms with Crippen molar-refractivity contribution in [1.29, 1.82) is 0 Å². The van der Waals surface area contributed by atoms with Gasteiger partial charge in [-0.3, -0.25) is 9.59 Å². The summed E-state index contributed by atoms with van der Waals surface area (Å²) in [5.41, 5.74) is 1.38. The molecule has 1 aromatic carbocycles. The Balaban J connectivity index is 2.11. The second kappa shape index (κ2) is 5.38. The van der Waals surface area contributed by atoms with Gasteiger partial charge in [0.25, 0.3) is 11.5 Å². The van der Waals surface area contributed by atoms with Crippen molar-refractivity contribution in [2.24, 2.45) is 7.05 Å². The van der Waals surface area contributed by atoms with Gasteiger partial charge < -0.3 is 9.47 Å².